The van der Waals surface area contributed by atoms with Gasteiger partial charge in [-0.05, 0) is 18.1 Å². The fourth-order valence-corrected chi connectivity index (χ4v) is 4.46. The number of fused-ring (bicyclic) bond motifs is 1. The van der Waals surface area contributed by atoms with Gasteiger partial charge in [0.15, 0.2) is 0 Å². The van der Waals surface area contributed by atoms with E-state index in [1.54, 1.807) is 16.7 Å². The fourth-order valence-electron chi connectivity index (χ4n) is 3.20. The lowest BCUT2D eigenvalue weighted by Crippen LogP contribution is -2.52. The number of nitrogens with zero attached hydrogens (tertiary/aromatic N) is 1. The highest BCUT2D eigenvalue weighted by atomic mass is 32.2. The van der Waals surface area contributed by atoms with Crippen molar-refractivity contribution in [1.82, 2.24) is 15.5 Å². The summed E-state index contributed by atoms with van der Waals surface area (Å²) >= 11 is 1.72. The van der Waals surface area contributed by atoms with Crippen LogP contribution in [-0.2, 0) is 16.1 Å². The summed E-state index contributed by atoms with van der Waals surface area (Å²) in [6.07, 6.45) is 0.686. The zero-order valence-electron chi connectivity index (χ0n) is 12.5. The molecule has 0 aliphatic carbocycles. The lowest BCUT2D eigenvalue weighted by molar-refractivity contribution is -0.136. The van der Waals surface area contributed by atoms with Crippen molar-refractivity contribution in [1.29, 1.82) is 0 Å². The van der Waals surface area contributed by atoms with E-state index >= 15 is 0 Å². The van der Waals surface area contributed by atoms with Crippen LogP contribution in [0.25, 0.3) is 0 Å². The Hall–Kier alpha value is -1.86. The van der Waals surface area contributed by atoms with Gasteiger partial charge in [0.25, 0.3) is 5.91 Å². The van der Waals surface area contributed by atoms with Crippen LogP contribution in [0.2, 0.25) is 0 Å². The van der Waals surface area contributed by atoms with Gasteiger partial charge in [-0.1, -0.05) is 12.1 Å². The van der Waals surface area contributed by atoms with E-state index in [1.807, 2.05) is 18.2 Å². The van der Waals surface area contributed by atoms with Crippen LogP contribution in [0.3, 0.4) is 0 Å². The normalized spacial score (nSPS) is 24.4. The number of carbonyl (C=O) groups is 3. The molecule has 1 aromatic rings. The monoisotopic (exact) mass is 331 g/mol. The highest BCUT2D eigenvalue weighted by molar-refractivity contribution is 8.00. The van der Waals surface area contributed by atoms with Gasteiger partial charge < -0.3 is 10.2 Å². The predicted molar refractivity (Wildman–Crippen MR) is 85.0 cm³/mol. The molecule has 1 aromatic carbocycles. The standard InChI is InChI=1S/C16H17N3O3S/c20-13-5-4-11(15(21)18-13)19-8-9-2-1-3-12(14(9)16(19)22)23-10-6-17-7-10/h1-3,10-11,17H,4-8H2,(H,18,20,21). The zero-order chi connectivity index (χ0) is 16.0. The van der Waals surface area contributed by atoms with Gasteiger partial charge in [-0.3, -0.25) is 19.7 Å². The van der Waals surface area contributed by atoms with E-state index in [2.05, 4.69) is 10.6 Å². The minimum Gasteiger partial charge on any atom is -0.322 e. The third-order valence-electron chi connectivity index (χ3n) is 4.55. The van der Waals surface area contributed by atoms with Crippen LogP contribution in [0.4, 0.5) is 0 Å². The summed E-state index contributed by atoms with van der Waals surface area (Å²) in [5.41, 5.74) is 1.70. The van der Waals surface area contributed by atoms with Crippen LogP contribution in [0.15, 0.2) is 23.1 Å². The number of piperidine rings is 1. The maximum atomic E-state index is 12.9. The molecule has 3 heterocycles. The minimum absolute atomic E-state index is 0.0927. The van der Waals surface area contributed by atoms with E-state index in [4.69, 9.17) is 0 Å². The summed E-state index contributed by atoms with van der Waals surface area (Å²) in [6.45, 7) is 2.36. The third-order valence-corrected chi connectivity index (χ3v) is 5.81. The Morgan fingerprint density at radius 2 is 2.00 bits per heavy atom. The Bertz CT molecular complexity index is 702. The molecule has 3 aliphatic heterocycles. The van der Waals surface area contributed by atoms with Crippen molar-refractivity contribution in [3.05, 3.63) is 29.3 Å². The molecule has 2 saturated heterocycles. The van der Waals surface area contributed by atoms with Gasteiger partial charge in [0, 0.05) is 36.2 Å². The van der Waals surface area contributed by atoms with E-state index in [9.17, 15) is 14.4 Å². The van der Waals surface area contributed by atoms with Crippen LogP contribution < -0.4 is 10.6 Å². The van der Waals surface area contributed by atoms with Gasteiger partial charge in [-0.25, -0.2) is 0 Å². The van der Waals surface area contributed by atoms with Gasteiger partial charge in [-0.15, -0.1) is 11.8 Å². The van der Waals surface area contributed by atoms with E-state index in [-0.39, 0.29) is 24.1 Å². The van der Waals surface area contributed by atoms with Crippen LogP contribution in [0.5, 0.6) is 0 Å². The molecule has 1 unspecified atom stereocenters. The minimum atomic E-state index is -0.546. The SMILES string of the molecule is O=C1CCC(N2Cc3cccc(SC4CNC4)c3C2=O)C(=O)N1. The van der Waals surface area contributed by atoms with Crippen molar-refractivity contribution in [2.24, 2.45) is 0 Å². The molecule has 3 aliphatic rings. The smallest absolute Gasteiger partial charge is 0.256 e. The maximum Gasteiger partial charge on any atom is 0.256 e. The summed E-state index contributed by atoms with van der Waals surface area (Å²) < 4.78 is 0. The molecule has 6 nitrogen and oxygen atoms in total. The summed E-state index contributed by atoms with van der Waals surface area (Å²) in [5, 5.41) is 6.06. The van der Waals surface area contributed by atoms with Crippen LogP contribution in [0.1, 0.15) is 28.8 Å². The first-order valence-electron chi connectivity index (χ1n) is 7.77. The summed E-state index contributed by atoms with van der Waals surface area (Å²) in [7, 11) is 0. The van der Waals surface area contributed by atoms with E-state index in [0.717, 1.165) is 29.1 Å². The van der Waals surface area contributed by atoms with Crippen molar-refractivity contribution >= 4 is 29.5 Å². The topological polar surface area (TPSA) is 78.5 Å². The van der Waals surface area contributed by atoms with Crippen LogP contribution in [0, 0.1) is 0 Å². The first-order valence-corrected chi connectivity index (χ1v) is 8.65. The molecule has 2 fully saturated rings. The van der Waals surface area contributed by atoms with Gasteiger partial charge in [0.1, 0.15) is 6.04 Å². The number of hydrogen-bond acceptors (Lipinski definition) is 5. The molecule has 2 N–H and O–H groups in total. The van der Waals surface area contributed by atoms with Gasteiger partial charge in [0.05, 0.1) is 5.56 Å². The first-order chi connectivity index (χ1) is 11.1. The molecule has 4 rings (SSSR count). The number of imide groups is 1. The summed E-state index contributed by atoms with van der Waals surface area (Å²) in [5.74, 6) is -0.714. The van der Waals surface area contributed by atoms with E-state index < -0.39 is 6.04 Å². The number of nitrogens with one attached hydrogen (secondary N) is 2. The zero-order valence-corrected chi connectivity index (χ0v) is 13.3. The molecule has 0 spiro atoms. The van der Waals surface area contributed by atoms with Crippen molar-refractivity contribution < 1.29 is 14.4 Å². The third kappa shape index (κ3) is 2.53. The molecule has 7 heteroatoms. The molecule has 3 amide bonds. The van der Waals surface area contributed by atoms with Crippen molar-refractivity contribution in [3.8, 4) is 0 Å². The van der Waals surface area contributed by atoms with E-state index in [0.29, 0.717) is 18.2 Å². The van der Waals surface area contributed by atoms with Gasteiger partial charge in [-0.2, -0.15) is 0 Å². The molecule has 0 radical (unpaired) electrons. The summed E-state index contributed by atoms with van der Waals surface area (Å²) in [4.78, 5) is 38.8. The number of thioether (sulfide) groups is 1. The fraction of sp³-hybridized carbons (Fsp3) is 0.438. The Morgan fingerprint density at radius 3 is 2.70 bits per heavy atom. The lowest BCUT2D eigenvalue weighted by atomic mass is 10.0. The Kier molecular flexibility index (Phi) is 3.61. The number of carbonyl (C=O) groups excluding carboxylic acids is 3. The number of hydrogen-bond donors (Lipinski definition) is 2. The van der Waals surface area contributed by atoms with Crippen molar-refractivity contribution in [2.75, 3.05) is 13.1 Å². The highest BCUT2D eigenvalue weighted by Crippen LogP contribution is 2.36. The average Bonchev–Trinajstić information content (AvgIpc) is 2.81. The molecule has 1 atom stereocenters. The maximum absolute atomic E-state index is 12.9. The molecular formula is C16H17N3O3S. The van der Waals surface area contributed by atoms with Crippen molar-refractivity contribution in [3.63, 3.8) is 0 Å². The molecular weight excluding hydrogens is 314 g/mol. The summed E-state index contributed by atoms with van der Waals surface area (Å²) in [6, 6.07) is 5.35. The number of benzene rings is 1. The van der Waals surface area contributed by atoms with Gasteiger partial charge >= 0.3 is 0 Å². The molecule has 23 heavy (non-hydrogen) atoms. The van der Waals surface area contributed by atoms with Crippen molar-refractivity contribution in [2.45, 2.75) is 35.6 Å². The predicted octanol–water partition coefficient (Wildman–Crippen LogP) is 0.511. The van der Waals surface area contributed by atoms with Crippen LogP contribution >= 0.6 is 11.8 Å². The van der Waals surface area contributed by atoms with Crippen LogP contribution in [-0.4, -0.2) is 47.0 Å². The molecule has 0 bridgehead atoms. The van der Waals surface area contributed by atoms with E-state index in [1.165, 1.54) is 0 Å². The Morgan fingerprint density at radius 1 is 1.17 bits per heavy atom. The molecule has 0 saturated carbocycles. The second-order valence-electron chi connectivity index (χ2n) is 6.09. The quantitative estimate of drug-likeness (QED) is 0.789. The number of rotatable bonds is 3. The Balaban J connectivity index is 1.59. The average molecular weight is 331 g/mol. The lowest BCUT2D eigenvalue weighted by Gasteiger charge is -2.29. The largest absolute Gasteiger partial charge is 0.322 e. The highest BCUT2D eigenvalue weighted by Gasteiger charge is 2.40. The molecule has 120 valence electrons. The van der Waals surface area contributed by atoms with Gasteiger partial charge in [0.2, 0.25) is 11.8 Å². The molecule has 0 aromatic heterocycles. The second-order valence-corrected chi connectivity index (χ2v) is 7.43. The Labute approximate surface area is 138 Å². The second kappa shape index (κ2) is 5.65. The number of amides is 3. The first kappa shape index (κ1) is 14.7.